The molecule has 28 heavy (non-hydrogen) atoms. The maximum Gasteiger partial charge on any atom is 0.122 e. The van der Waals surface area contributed by atoms with Crippen LogP contribution in [0.4, 0.5) is 0 Å². The molecular weight excluding hydrogens is 354 g/mol. The highest BCUT2D eigenvalue weighted by molar-refractivity contribution is 5.31. The average molecular weight is 386 g/mol. The van der Waals surface area contributed by atoms with Crippen LogP contribution in [0.1, 0.15) is 24.0 Å². The van der Waals surface area contributed by atoms with Crippen LogP contribution in [0.3, 0.4) is 0 Å². The van der Waals surface area contributed by atoms with Gasteiger partial charge in [0, 0.05) is 26.2 Å². The highest BCUT2D eigenvalue weighted by Gasteiger charge is 2.21. The molecule has 1 aliphatic heterocycles. The van der Waals surface area contributed by atoms with Gasteiger partial charge in [0.15, 0.2) is 0 Å². The van der Waals surface area contributed by atoms with E-state index in [9.17, 15) is 5.11 Å². The second-order valence-electron chi connectivity index (χ2n) is 7.41. The first-order valence-electron chi connectivity index (χ1n) is 9.97. The average Bonchev–Trinajstić information content (AvgIpc) is 3.20. The summed E-state index contributed by atoms with van der Waals surface area (Å²) in [6.07, 6.45) is 1.84. The summed E-state index contributed by atoms with van der Waals surface area (Å²) in [4.78, 5) is 2.25. The van der Waals surface area contributed by atoms with E-state index in [1.165, 1.54) is 0 Å². The van der Waals surface area contributed by atoms with Crippen molar-refractivity contribution in [3.8, 4) is 11.5 Å². The largest absolute Gasteiger partial charge is 0.497 e. The lowest BCUT2D eigenvalue weighted by molar-refractivity contribution is 0.0312. The summed E-state index contributed by atoms with van der Waals surface area (Å²) in [6, 6.07) is 15.9. The number of para-hydroxylation sites is 1. The third kappa shape index (κ3) is 6.23. The summed E-state index contributed by atoms with van der Waals surface area (Å²) in [5.74, 6) is 1.66. The number of methoxy groups -OCH3 is 1. The van der Waals surface area contributed by atoms with E-state index in [4.69, 9.17) is 14.2 Å². The van der Waals surface area contributed by atoms with Gasteiger partial charge in [-0.2, -0.15) is 0 Å². The van der Waals surface area contributed by atoms with Gasteiger partial charge >= 0.3 is 0 Å². The normalized spacial score (nSPS) is 17.6. The van der Waals surface area contributed by atoms with Gasteiger partial charge < -0.3 is 19.3 Å². The molecule has 1 heterocycles. The first kappa shape index (κ1) is 20.6. The van der Waals surface area contributed by atoms with Gasteiger partial charge in [-0.05, 0) is 49.1 Å². The van der Waals surface area contributed by atoms with Crippen molar-refractivity contribution in [1.82, 2.24) is 4.90 Å². The molecule has 0 aromatic heterocycles. The zero-order valence-electron chi connectivity index (χ0n) is 16.8. The zero-order chi connectivity index (χ0) is 19.8. The predicted octanol–water partition coefficient (Wildman–Crippen LogP) is 3.42. The quantitative estimate of drug-likeness (QED) is 0.679. The van der Waals surface area contributed by atoms with E-state index in [-0.39, 0.29) is 12.7 Å². The molecule has 2 aromatic rings. The van der Waals surface area contributed by atoms with Gasteiger partial charge in [0.1, 0.15) is 24.2 Å². The Hall–Kier alpha value is -2.08. The number of aryl methyl sites for hydroxylation is 1. The number of aliphatic hydroxyl groups excluding tert-OH is 1. The van der Waals surface area contributed by atoms with Crippen LogP contribution < -0.4 is 9.47 Å². The van der Waals surface area contributed by atoms with E-state index >= 15 is 0 Å². The molecule has 1 aliphatic rings. The van der Waals surface area contributed by atoms with E-state index in [0.29, 0.717) is 6.54 Å². The summed E-state index contributed by atoms with van der Waals surface area (Å²) in [5.41, 5.74) is 2.23. The first-order chi connectivity index (χ1) is 13.6. The number of nitrogens with zero attached hydrogens (tertiary/aromatic N) is 1. The van der Waals surface area contributed by atoms with Crippen LogP contribution >= 0.6 is 0 Å². The smallest absolute Gasteiger partial charge is 0.122 e. The van der Waals surface area contributed by atoms with Crippen LogP contribution in [0.25, 0.3) is 0 Å². The molecule has 152 valence electrons. The Balaban J connectivity index is 1.59. The predicted molar refractivity (Wildman–Crippen MR) is 110 cm³/mol. The Morgan fingerprint density at radius 2 is 2.07 bits per heavy atom. The lowest BCUT2D eigenvalue weighted by Gasteiger charge is -2.27. The SMILES string of the molecule is COc1cccc(CN(CC(O)COc2ccccc2C)CC2CCCO2)c1. The van der Waals surface area contributed by atoms with Crippen LogP contribution in [-0.4, -0.2) is 55.6 Å². The molecule has 2 atom stereocenters. The number of ether oxygens (including phenoxy) is 3. The molecule has 5 heteroatoms. The molecule has 1 N–H and O–H groups in total. The highest BCUT2D eigenvalue weighted by Crippen LogP contribution is 2.19. The summed E-state index contributed by atoms with van der Waals surface area (Å²) in [5, 5.41) is 10.6. The van der Waals surface area contributed by atoms with Crippen LogP contribution in [-0.2, 0) is 11.3 Å². The second kappa shape index (κ2) is 10.5. The van der Waals surface area contributed by atoms with Crippen molar-refractivity contribution in [3.05, 3.63) is 59.7 Å². The third-order valence-electron chi connectivity index (χ3n) is 5.02. The number of hydrogen-bond acceptors (Lipinski definition) is 5. The molecule has 1 saturated heterocycles. The minimum absolute atomic E-state index is 0.232. The summed E-state index contributed by atoms with van der Waals surface area (Å²) >= 11 is 0. The van der Waals surface area contributed by atoms with Crippen molar-refractivity contribution in [2.24, 2.45) is 0 Å². The zero-order valence-corrected chi connectivity index (χ0v) is 16.8. The van der Waals surface area contributed by atoms with Gasteiger partial charge in [-0.15, -0.1) is 0 Å². The van der Waals surface area contributed by atoms with Gasteiger partial charge in [-0.3, -0.25) is 4.90 Å². The fourth-order valence-electron chi connectivity index (χ4n) is 3.56. The number of hydrogen-bond donors (Lipinski definition) is 1. The molecule has 0 bridgehead atoms. The third-order valence-corrected chi connectivity index (χ3v) is 5.02. The van der Waals surface area contributed by atoms with E-state index in [0.717, 1.165) is 55.2 Å². The van der Waals surface area contributed by atoms with Crippen LogP contribution in [0.15, 0.2) is 48.5 Å². The Morgan fingerprint density at radius 1 is 1.21 bits per heavy atom. The van der Waals surface area contributed by atoms with Crippen LogP contribution in [0.5, 0.6) is 11.5 Å². The molecule has 5 nitrogen and oxygen atoms in total. The lowest BCUT2D eigenvalue weighted by atomic mass is 10.1. The lowest BCUT2D eigenvalue weighted by Crippen LogP contribution is -2.39. The van der Waals surface area contributed by atoms with Crippen molar-refractivity contribution in [1.29, 1.82) is 0 Å². The van der Waals surface area contributed by atoms with E-state index in [1.54, 1.807) is 7.11 Å². The van der Waals surface area contributed by atoms with Crippen molar-refractivity contribution in [2.75, 3.05) is 33.4 Å². The molecule has 0 saturated carbocycles. The summed E-state index contributed by atoms with van der Waals surface area (Å²) < 4.78 is 17.0. The first-order valence-corrected chi connectivity index (χ1v) is 9.97. The van der Waals surface area contributed by atoms with Crippen LogP contribution in [0.2, 0.25) is 0 Å². The van der Waals surface area contributed by atoms with Crippen molar-refractivity contribution < 1.29 is 19.3 Å². The van der Waals surface area contributed by atoms with E-state index in [1.807, 2.05) is 49.4 Å². The minimum Gasteiger partial charge on any atom is -0.497 e. The van der Waals surface area contributed by atoms with Gasteiger partial charge in [0.05, 0.1) is 13.2 Å². The maximum absolute atomic E-state index is 10.6. The second-order valence-corrected chi connectivity index (χ2v) is 7.41. The van der Waals surface area contributed by atoms with Gasteiger partial charge in [0.2, 0.25) is 0 Å². The molecule has 1 fully saturated rings. The standard InChI is InChI=1S/C23H31NO4/c1-18-7-3-4-11-23(18)28-17-20(25)15-24(16-22-10-6-12-27-22)14-19-8-5-9-21(13-19)26-2/h3-5,7-9,11,13,20,22,25H,6,10,12,14-17H2,1-2H3. The number of aliphatic hydroxyl groups is 1. The number of rotatable bonds is 10. The molecule has 2 unspecified atom stereocenters. The molecule has 0 aliphatic carbocycles. The van der Waals surface area contributed by atoms with Gasteiger partial charge in [-0.25, -0.2) is 0 Å². The van der Waals surface area contributed by atoms with Gasteiger partial charge in [0.25, 0.3) is 0 Å². The Kier molecular flexibility index (Phi) is 7.71. The number of benzene rings is 2. The van der Waals surface area contributed by atoms with Gasteiger partial charge in [-0.1, -0.05) is 30.3 Å². The van der Waals surface area contributed by atoms with Crippen LogP contribution in [0, 0.1) is 6.92 Å². The molecule has 0 radical (unpaired) electrons. The topological polar surface area (TPSA) is 51.2 Å². The molecule has 0 amide bonds. The fraction of sp³-hybridized carbons (Fsp3) is 0.478. The maximum atomic E-state index is 10.6. The Bertz CT molecular complexity index is 730. The Morgan fingerprint density at radius 3 is 2.82 bits per heavy atom. The van der Waals surface area contributed by atoms with Crippen molar-refractivity contribution in [3.63, 3.8) is 0 Å². The fourth-order valence-corrected chi connectivity index (χ4v) is 3.56. The van der Waals surface area contributed by atoms with Crippen molar-refractivity contribution >= 4 is 0 Å². The van der Waals surface area contributed by atoms with Crippen molar-refractivity contribution in [2.45, 2.75) is 38.5 Å². The van der Waals surface area contributed by atoms with E-state index in [2.05, 4.69) is 11.0 Å². The monoisotopic (exact) mass is 385 g/mol. The van der Waals surface area contributed by atoms with E-state index < -0.39 is 6.10 Å². The molecular formula is C23H31NO4. The molecule has 3 rings (SSSR count). The minimum atomic E-state index is -0.577. The molecule has 2 aromatic carbocycles. The highest BCUT2D eigenvalue weighted by atomic mass is 16.5. The Labute approximate surface area is 167 Å². The summed E-state index contributed by atoms with van der Waals surface area (Å²) in [7, 11) is 1.68. The molecule has 0 spiro atoms. The summed E-state index contributed by atoms with van der Waals surface area (Å²) in [6.45, 7) is 5.18.